The summed E-state index contributed by atoms with van der Waals surface area (Å²) in [5.74, 6) is -1.45. The third-order valence-corrected chi connectivity index (χ3v) is 5.91. The molecule has 7 heteroatoms. The van der Waals surface area contributed by atoms with E-state index in [4.69, 9.17) is 14.2 Å². The predicted octanol–water partition coefficient (Wildman–Crippen LogP) is 2.24. The van der Waals surface area contributed by atoms with E-state index in [0.717, 1.165) is 12.8 Å². The van der Waals surface area contributed by atoms with Gasteiger partial charge in [0, 0.05) is 18.4 Å². The van der Waals surface area contributed by atoms with E-state index in [0.29, 0.717) is 37.4 Å². The average Bonchev–Trinajstić information content (AvgIpc) is 3.02. The van der Waals surface area contributed by atoms with Crippen molar-refractivity contribution < 1.29 is 19.0 Å². The van der Waals surface area contributed by atoms with Gasteiger partial charge in [0.2, 0.25) is 5.79 Å². The molecule has 1 aromatic heterocycles. The molecule has 2 aliphatic heterocycles. The number of carbonyl (C=O) groups excluding carboxylic acids is 1. The predicted molar refractivity (Wildman–Crippen MR) is 97.0 cm³/mol. The summed E-state index contributed by atoms with van der Waals surface area (Å²) in [5.41, 5.74) is 0.520. The molecule has 0 bridgehead atoms. The van der Waals surface area contributed by atoms with Crippen molar-refractivity contribution in [2.45, 2.75) is 58.8 Å². The highest BCUT2D eigenvalue weighted by Gasteiger charge is 2.49. The largest absolute Gasteiger partial charge is 0.466 e. The Labute approximate surface area is 158 Å². The molecule has 0 unspecified atom stereocenters. The molecule has 0 atom stereocenters. The lowest BCUT2D eigenvalue weighted by atomic mass is 9.83. The summed E-state index contributed by atoms with van der Waals surface area (Å²) in [4.78, 5) is 24.7. The van der Waals surface area contributed by atoms with E-state index in [1.807, 2.05) is 6.07 Å². The third-order valence-electron chi connectivity index (χ3n) is 5.91. The normalized spacial score (nSPS) is 19.5. The van der Waals surface area contributed by atoms with Crippen molar-refractivity contribution in [1.82, 2.24) is 4.57 Å². The van der Waals surface area contributed by atoms with Crippen LogP contribution in [-0.4, -0.2) is 30.4 Å². The van der Waals surface area contributed by atoms with Gasteiger partial charge in [0.15, 0.2) is 0 Å². The molecule has 7 nitrogen and oxygen atoms in total. The number of fused-ring (bicyclic) bond motifs is 2. The Balaban J connectivity index is 1.99. The minimum atomic E-state index is -0.982. The second-order valence-electron chi connectivity index (χ2n) is 7.27. The number of ether oxygens (including phenoxy) is 3. The van der Waals surface area contributed by atoms with Gasteiger partial charge in [-0.25, -0.2) is 0 Å². The number of rotatable bonds is 5. The highest BCUT2D eigenvalue weighted by molar-refractivity contribution is 5.73. The van der Waals surface area contributed by atoms with E-state index in [1.54, 1.807) is 13.0 Å². The summed E-state index contributed by atoms with van der Waals surface area (Å²) in [6, 6.07) is 3.64. The maximum Gasteiger partial charge on any atom is 0.310 e. The van der Waals surface area contributed by atoms with Crippen molar-refractivity contribution in [3.8, 4) is 6.07 Å². The molecule has 146 valence electrons. The van der Waals surface area contributed by atoms with Crippen LogP contribution in [0.3, 0.4) is 0 Å². The zero-order valence-electron chi connectivity index (χ0n) is 16.2. The van der Waals surface area contributed by atoms with Gasteiger partial charge in [0.1, 0.15) is 11.6 Å². The molecular weight excluding hydrogens is 348 g/mol. The van der Waals surface area contributed by atoms with Gasteiger partial charge in [-0.2, -0.15) is 5.26 Å². The van der Waals surface area contributed by atoms with Crippen molar-refractivity contribution in [3.63, 3.8) is 0 Å². The summed E-state index contributed by atoms with van der Waals surface area (Å²) in [6.07, 6.45) is 2.30. The van der Waals surface area contributed by atoms with Gasteiger partial charge in [-0.15, -0.1) is 0 Å². The topological polar surface area (TPSA) is 90.6 Å². The number of aromatic nitrogens is 1. The molecule has 0 N–H and O–H groups in total. The number of nitrogens with zero attached hydrogens (tertiary/aromatic N) is 2. The van der Waals surface area contributed by atoms with Gasteiger partial charge in [-0.1, -0.05) is 13.8 Å². The molecule has 1 fully saturated rings. The number of hydrogen-bond acceptors (Lipinski definition) is 6. The van der Waals surface area contributed by atoms with E-state index in [1.165, 1.54) is 4.57 Å². The molecule has 1 spiro atoms. The maximum atomic E-state index is 12.8. The quantitative estimate of drug-likeness (QED) is 0.734. The number of carbonyl (C=O) groups is 1. The monoisotopic (exact) mass is 374 g/mol. The number of esters is 1. The lowest BCUT2D eigenvalue weighted by molar-refractivity contribution is -0.313. The zero-order valence-corrected chi connectivity index (χ0v) is 16.2. The first-order valence-electron chi connectivity index (χ1n) is 9.55. The van der Waals surface area contributed by atoms with Crippen molar-refractivity contribution in [2.24, 2.45) is 5.41 Å². The van der Waals surface area contributed by atoms with Crippen molar-refractivity contribution >= 4 is 5.97 Å². The maximum absolute atomic E-state index is 12.8. The molecule has 0 aliphatic carbocycles. The summed E-state index contributed by atoms with van der Waals surface area (Å²) in [6.45, 7) is 7.75. The van der Waals surface area contributed by atoms with Crippen molar-refractivity contribution in [3.05, 3.63) is 33.2 Å². The second-order valence-corrected chi connectivity index (χ2v) is 7.27. The fourth-order valence-electron chi connectivity index (χ4n) is 3.82. The van der Waals surface area contributed by atoms with E-state index in [2.05, 4.69) is 13.8 Å². The molecule has 3 heterocycles. The Morgan fingerprint density at radius 2 is 1.96 bits per heavy atom. The fourth-order valence-corrected chi connectivity index (χ4v) is 3.82. The van der Waals surface area contributed by atoms with Crippen LogP contribution in [0.1, 0.15) is 56.9 Å². The van der Waals surface area contributed by atoms with Crippen LogP contribution in [-0.2, 0) is 37.8 Å². The Morgan fingerprint density at radius 3 is 2.52 bits per heavy atom. The minimum absolute atomic E-state index is 0.0146. The zero-order chi connectivity index (χ0) is 19.7. The van der Waals surface area contributed by atoms with E-state index in [9.17, 15) is 14.9 Å². The molecule has 0 radical (unpaired) electrons. The number of hydrogen-bond donors (Lipinski definition) is 0. The van der Waals surface area contributed by atoms with E-state index >= 15 is 0 Å². The van der Waals surface area contributed by atoms with Gasteiger partial charge in [0.05, 0.1) is 31.9 Å². The Morgan fingerprint density at radius 1 is 1.30 bits per heavy atom. The summed E-state index contributed by atoms with van der Waals surface area (Å²) in [5, 5.41) is 9.43. The molecule has 0 aromatic carbocycles. The van der Waals surface area contributed by atoms with Gasteiger partial charge >= 0.3 is 5.97 Å². The SMILES string of the molecule is CCOC(=O)Cc1cc2n(c(=O)c1C#N)CCC21OCC(CC)(CC)CO1. The van der Waals surface area contributed by atoms with Crippen molar-refractivity contribution in [1.29, 1.82) is 5.26 Å². The van der Waals surface area contributed by atoms with Crippen LogP contribution in [0.5, 0.6) is 0 Å². The molecule has 0 amide bonds. The first-order chi connectivity index (χ1) is 12.9. The van der Waals surface area contributed by atoms with Gasteiger partial charge in [0.25, 0.3) is 5.56 Å². The first-order valence-corrected chi connectivity index (χ1v) is 9.55. The number of nitriles is 1. The second kappa shape index (κ2) is 7.45. The van der Waals surface area contributed by atoms with Gasteiger partial charge in [-0.3, -0.25) is 9.59 Å². The first kappa shape index (κ1) is 19.6. The van der Waals surface area contributed by atoms with Crippen LogP contribution in [0.4, 0.5) is 0 Å². The Hall–Kier alpha value is -2.17. The van der Waals surface area contributed by atoms with Crippen LogP contribution in [0, 0.1) is 16.7 Å². The smallest absolute Gasteiger partial charge is 0.310 e. The van der Waals surface area contributed by atoms with Crippen LogP contribution < -0.4 is 5.56 Å². The molecule has 1 aromatic rings. The average molecular weight is 374 g/mol. The molecule has 2 aliphatic rings. The molecule has 27 heavy (non-hydrogen) atoms. The number of pyridine rings is 1. The van der Waals surface area contributed by atoms with Gasteiger partial charge in [-0.05, 0) is 31.4 Å². The fraction of sp³-hybridized carbons (Fsp3) is 0.650. The van der Waals surface area contributed by atoms with E-state index < -0.39 is 17.3 Å². The van der Waals surface area contributed by atoms with Crippen LogP contribution in [0.25, 0.3) is 0 Å². The summed E-state index contributed by atoms with van der Waals surface area (Å²) in [7, 11) is 0. The highest BCUT2D eigenvalue weighted by atomic mass is 16.7. The van der Waals surface area contributed by atoms with Crippen molar-refractivity contribution in [2.75, 3.05) is 19.8 Å². The van der Waals surface area contributed by atoms with Crippen LogP contribution >= 0.6 is 0 Å². The highest BCUT2D eigenvalue weighted by Crippen LogP contribution is 2.45. The standard InChI is InChI=1S/C20H26N2O5/c1-4-19(5-2)12-26-20(27-13-19)7-8-22-16(20)9-14(10-17(23)25-6-3)15(11-21)18(22)24/h9H,4-8,10,12-13H2,1-3H3. The molecule has 3 rings (SSSR count). The van der Waals surface area contributed by atoms with Crippen LogP contribution in [0.2, 0.25) is 0 Å². The lowest BCUT2D eigenvalue weighted by Crippen LogP contribution is -2.47. The molecule has 1 saturated heterocycles. The van der Waals surface area contributed by atoms with Crippen LogP contribution in [0.15, 0.2) is 10.9 Å². The Bertz CT molecular complexity index is 822. The summed E-state index contributed by atoms with van der Waals surface area (Å²) >= 11 is 0. The lowest BCUT2D eigenvalue weighted by Gasteiger charge is -2.44. The summed E-state index contributed by atoms with van der Waals surface area (Å²) < 4.78 is 18.9. The third kappa shape index (κ3) is 3.28. The van der Waals surface area contributed by atoms with Gasteiger partial charge < -0.3 is 18.8 Å². The Kier molecular flexibility index (Phi) is 5.41. The molecular formula is C20H26N2O5. The van der Waals surface area contributed by atoms with E-state index in [-0.39, 0.29) is 24.0 Å². The minimum Gasteiger partial charge on any atom is -0.466 e. The molecule has 0 saturated carbocycles.